The summed E-state index contributed by atoms with van der Waals surface area (Å²) in [6.07, 6.45) is 0. The number of hydrogen-bond donors (Lipinski definition) is 2. The summed E-state index contributed by atoms with van der Waals surface area (Å²) >= 11 is 0. The number of ether oxygens (including phenoxy) is 1. The van der Waals surface area contributed by atoms with Crippen molar-refractivity contribution in [1.82, 2.24) is 4.98 Å². The molecule has 4 nitrogen and oxygen atoms in total. The Hall–Kier alpha value is -2.23. The van der Waals surface area contributed by atoms with E-state index in [9.17, 15) is 4.79 Å². The Morgan fingerprint density at radius 1 is 1.25 bits per heavy atom. The molecule has 0 saturated carbocycles. The van der Waals surface area contributed by atoms with Gasteiger partial charge in [0.2, 0.25) is 5.56 Å². The van der Waals surface area contributed by atoms with Crippen LogP contribution in [0.5, 0.6) is 5.75 Å². The molecule has 2 aromatic rings. The van der Waals surface area contributed by atoms with Crippen molar-refractivity contribution in [3.63, 3.8) is 0 Å². The normalized spacial score (nSPS) is 10.1. The lowest BCUT2D eigenvalue weighted by atomic mass is 10.1. The number of rotatable bonds is 2. The maximum absolute atomic E-state index is 11.2. The van der Waals surface area contributed by atoms with E-state index >= 15 is 0 Å². The van der Waals surface area contributed by atoms with Crippen molar-refractivity contribution in [3.8, 4) is 17.0 Å². The Bertz CT molecular complexity index is 561. The van der Waals surface area contributed by atoms with Crippen molar-refractivity contribution in [2.75, 3.05) is 12.8 Å². The van der Waals surface area contributed by atoms with Crippen LogP contribution < -0.4 is 16.0 Å². The van der Waals surface area contributed by atoms with Crippen molar-refractivity contribution in [3.05, 3.63) is 46.8 Å². The lowest BCUT2D eigenvalue weighted by molar-refractivity contribution is 0.415. The third-order valence-corrected chi connectivity index (χ3v) is 2.24. The molecule has 2 rings (SSSR count). The first-order valence-corrected chi connectivity index (χ1v) is 4.83. The van der Waals surface area contributed by atoms with Crippen LogP contribution in [0.2, 0.25) is 0 Å². The largest absolute Gasteiger partial charge is 0.497 e. The van der Waals surface area contributed by atoms with Gasteiger partial charge in [-0.15, -0.1) is 0 Å². The number of aromatic nitrogens is 1. The molecular formula is C12H12N2O2. The summed E-state index contributed by atoms with van der Waals surface area (Å²) in [5, 5.41) is 0. The van der Waals surface area contributed by atoms with Crippen molar-refractivity contribution in [2.45, 2.75) is 0 Å². The van der Waals surface area contributed by atoms with E-state index in [2.05, 4.69) is 4.98 Å². The van der Waals surface area contributed by atoms with Gasteiger partial charge >= 0.3 is 0 Å². The molecule has 4 heteroatoms. The number of nitrogens with one attached hydrogen (secondary N) is 1. The third-order valence-electron chi connectivity index (χ3n) is 2.24. The minimum atomic E-state index is -0.140. The molecule has 0 fully saturated rings. The first-order valence-electron chi connectivity index (χ1n) is 4.83. The number of hydrogen-bond acceptors (Lipinski definition) is 3. The fraction of sp³-hybridized carbons (Fsp3) is 0.0833. The molecule has 0 bridgehead atoms. The zero-order valence-electron chi connectivity index (χ0n) is 8.86. The highest BCUT2D eigenvalue weighted by Crippen LogP contribution is 2.25. The fourth-order valence-electron chi connectivity index (χ4n) is 1.51. The van der Waals surface area contributed by atoms with Crippen molar-refractivity contribution in [1.29, 1.82) is 0 Å². The summed E-state index contributed by atoms with van der Waals surface area (Å²) in [7, 11) is 1.58. The summed E-state index contributed by atoms with van der Waals surface area (Å²) in [6, 6.07) is 10.3. The molecular weight excluding hydrogens is 204 g/mol. The Labute approximate surface area is 92.7 Å². The van der Waals surface area contributed by atoms with Gasteiger partial charge in [-0.2, -0.15) is 0 Å². The van der Waals surface area contributed by atoms with Gasteiger partial charge in [0.25, 0.3) is 0 Å². The van der Waals surface area contributed by atoms with Crippen LogP contribution >= 0.6 is 0 Å². The van der Waals surface area contributed by atoms with E-state index < -0.39 is 0 Å². The lowest BCUT2D eigenvalue weighted by Gasteiger charge is -2.06. The van der Waals surface area contributed by atoms with Crippen molar-refractivity contribution < 1.29 is 4.74 Å². The first-order chi connectivity index (χ1) is 7.69. The molecule has 0 amide bonds. The highest BCUT2D eigenvalue weighted by molar-refractivity contribution is 5.66. The Balaban J connectivity index is 2.55. The van der Waals surface area contributed by atoms with Gasteiger partial charge in [-0.25, -0.2) is 0 Å². The van der Waals surface area contributed by atoms with Gasteiger partial charge < -0.3 is 15.5 Å². The SMILES string of the molecule is COc1cc(N)cc(-c2cccc(=O)[nH]2)c1. The van der Waals surface area contributed by atoms with Crippen LogP contribution in [0.25, 0.3) is 11.3 Å². The second-order valence-corrected chi connectivity index (χ2v) is 3.42. The molecule has 3 N–H and O–H groups in total. The van der Waals surface area contributed by atoms with Gasteiger partial charge in [0.1, 0.15) is 5.75 Å². The maximum Gasteiger partial charge on any atom is 0.248 e. The molecule has 0 atom stereocenters. The van der Waals surface area contributed by atoms with E-state index in [0.717, 1.165) is 11.3 Å². The number of methoxy groups -OCH3 is 1. The van der Waals surface area contributed by atoms with Gasteiger partial charge in [0, 0.05) is 29.1 Å². The monoisotopic (exact) mass is 216 g/mol. The molecule has 0 aliphatic carbocycles. The van der Waals surface area contributed by atoms with Gasteiger partial charge in [-0.05, 0) is 18.2 Å². The second-order valence-electron chi connectivity index (χ2n) is 3.42. The zero-order chi connectivity index (χ0) is 11.5. The molecule has 1 aromatic heterocycles. The molecule has 0 radical (unpaired) electrons. The number of nitrogens with two attached hydrogens (primary N) is 1. The van der Waals surface area contributed by atoms with Crippen LogP contribution in [0.3, 0.4) is 0 Å². The first kappa shape index (κ1) is 10.3. The average molecular weight is 216 g/mol. The van der Waals surface area contributed by atoms with E-state index in [1.165, 1.54) is 6.07 Å². The van der Waals surface area contributed by atoms with Crippen LogP contribution in [-0.4, -0.2) is 12.1 Å². The van der Waals surface area contributed by atoms with E-state index in [1.54, 1.807) is 25.3 Å². The minimum absolute atomic E-state index is 0.140. The lowest BCUT2D eigenvalue weighted by Crippen LogP contribution is -2.03. The number of benzene rings is 1. The number of anilines is 1. The van der Waals surface area contributed by atoms with Gasteiger partial charge in [-0.3, -0.25) is 4.79 Å². The van der Waals surface area contributed by atoms with Crippen LogP contribution in [0.15, 0.2) is 41.2 Å². The predicted octanol–water partition coefficient (Wildman–Crippen LogP) is 1.63. The Morgan fingerprint density at radius 3 is 2.75 bits per heavy atom. The van der Waals surface area contributed by atoms with Crippen LogP contribution in [0.4, 0.5) is 5.69 Å². The molecule has 16 heavy (non-hydrogen) atoms. The summed E-state index contributed by atoms with van der Waals surface area (Å²) < 4.78 is 5.12. The van der Waals surface area contributed by atoms with Crippen molar-refractivity contribution >= 4 is 5.69 Å². The topological polar surface area (TPSA) is 68.1 Å². The third kappa shape index (κ3) is 2.06. The molecule has 0 saturated heterocycles. The predicted molar refractivity (Wildman–Crippen MR) is 63.5 cm³/mol. The number of pyridine rings is 1. The van der Waals surface area contributed by atoms with Crippen LogP contribution in [-0.2, 0) is 0 Å². The quantitative estimate of drug-likeness (QED) is 0.750. The molecule has 1 aromatic carbocycles. The maximum atomic E-state index is 11.2. The second kappa shape index (κ2) is 4.10. The van der Waals surface area contributed by atoms with Gasteiger partial charge in [0.05, 0.1) is 7.11 Å². The molecule has 82 valence electrons. The standard InChI is InChI=1S/C12H12N2O2/c1-16-10-6-8(5-9(13)7-10)11-3-2-4-12(15)14-11/h2-7H,13H2,1H3,(H,14,15). The van der Waals surface area contributed by atoms with Crippen LogP contribution in [0.1, 0.15) is 0 Å². The van der Waals surface area contributed by atoms with Crippen LogP contribution in [0, 0.1) is 0 Å². The summed E-state index contributed by atoms with van der Waals surface area (Å²) in [6.45, 7) is 0. The molecule has 0 aliphatic heterocycles. The average Bonchev–Trinajstić information content (AvgIpc) is 2.28. The fourth-order valence-corrected chi connectivity index (χ4v) is 1.51. The highest BCUT2D eigenvalue weighted by Gasteiger charge is 2.02. The summed E-state index contributed by atoms with van der Waals surface area (Å²) in [5.41, 5.74) is 7.74. The zero-order valence-corrected chi connectivity index (χ0v) is 8.86. The number of aromatic amines is 1. The van der Waals surface area contributed by atoms with E-state index in [4.69, 9.17) is 10.5 Å². The minimum Gasteiger partial charge on any atom is -0.497 e. The molecule has 1 heterocycles. The summed E-state index contributed by atoms with van der Waals surface area (Å²) in [4.78, 5) is 13.9. The van der Waals surface area contributed by atoms with Gasteiger partial charge in [0.15, 0.2) is 0 Å². The van der Waals surface area contributed by atoms with E-state index in [-0.39, 0.29) is 5.56 Å². The van der Waals surface area contributed by atoms with Gasteiger partial charge in [-0.1, -0.05) is 6.07 Å². The summed E-state index contributed by atoms with van der Waals surface area (Å²) in [5.74, 6) is 0.666. The van der Waals surface area contributed by atoms with E-state index in [0.29, 0.717) is 11.4 Å². The Kier molecular flexibility index (Phi) is 2.64. The smallest absolute Gasteiger partial charge is 0.248 e. The number of H-pyrrole nitrogens is 1. The van der Waals surface area contributed by atoms with Crippen molar-refractivity contribution in [2.24, 2.45) is 0 Å². The number of nitrogen functional groups attached to an aromatic ring is 1. The molecule has 0 aliphatic rings. The Morgan fingerprint density at radius 2 is 2.06 bits per heavy atom. The molecule has 0 unspecified atom stereocenters. The van der Waals surface area contributed by atoms with E-state index in [1.807, 2.05) is 12.1 Å². The highest BCUT2D eigenvalue weighted by atomic mass is 16.5. The molecule has 0 spiro atoms.